The third-order valence-electron chi connectivity index (χ3n) is 5.34. The van der Waals surface area contributed by atoms with Gasteiger partial charge in [0.25, 0.3) is 0 Å². The fourth-order valence-corrected chi connectivity index (χ4v) is 3.99. The minimum absolute atomic E-state index is 0.809. The van der Waals surface area contributed by atoms with Crippen molar-refractivity contribution in [3.8, 4) is 0 Å². The Balaban J connectivity index is 1.54. The number of likely N-dealkylation sites (N-methyl/N-ethyl adjacent to an activating group) is 1. The Labute approximate surface area is 126 Å². The summed E-state index contributed by atoms with van der Waals surface area (Å²) in [5.74, 6) is 0.964. The molecule has 1 saturated carbocycles. The lowest BCUT2D eigenvalue weighted by molar-refractivity contribution is 0.210. The molecule has 1 aliphatic carbocycles. The molecule has 0 aromatic heterocycles. The van der Waals surface area contributed by atoms with Crippen molar-refractivity contribution >= 4 is 0 Å². The van der Waals surface area contributed by atoms with Gasteiger partial charge in [-0.3, -0.25) is 4.90 Å². The first-order valence-electron chi connectivity index (χ1n) is 9.00. The maximum atomic E-state index is 3.70. The molecule has 2 rings (SSSR count). The van der Waals surface area contributed by atoms with Crippen molar-refractivity contribution in [3.05, 3.63) is 0 Å². The molecule has 3 nitrogen and oxygen atoms in total. The van der Waals surface area contributed by atoms with E-state index in [2.05, 4.69) is 29.0 Å². The summed E-state index contributed by atoms with van der Waals surface area (Å²) in [4.78, 5) is 5.27. The summed E-state index contributed by atoms with van der Waals surface area (Å²) in [7, 11) is 0. The minimum atomic E-state index is 0.809. The molecule has 20 heavy (non-hydrogen) atoms. The van der Waals surface area contributed by atoms with E-state index in [-0.39, 0.29) is 0 Å². The van der Waals surface area contributed by atoms with Gasteiger partial charge in [-0.2, -0.15) is 0 Å². The maximum Gasteiger partial charge on any atom is 0.0235 e. The molecule has 0 spiro atoms. The highest BCUT2D eigenvalue weighted by Crippen LogP contribution is 2.22. The molecule has 0 amide bonds. The molecule has 1 atom stereocenters. The zero-order chi connectivity index (χ0) is 14.2. The van der Waals surface area contributed by atoms with Crippen molar-refractivity contribution in [1.29, 1.82) is 0 Å². The van der Waals surface area contributed by atoms with Crippen LogP contribution in [0, 0.1) is 5.92 Å². The van der Waals surface area contributed by atoms with E-state index in [4.69, 9.17) is 0 Å². The van der Waals surface area contributed by atoms with Gasteiger partial charge in [-0.25, -0.2) is 0 Å². The highest BCUT2D eigenvalue weighted by Gasteiger charge is 2.25. The highest BCUT2D eigenvalue weighted by atomic mass is 15.3. The monoisotopic (exact) mass is 281 g/mol. The van der Waals surface area contributed by atoms with Crippen LogP contribution in [0.2, 0.25) is 0 Å². The van der Waals surface area contributed by atoms with E-state index in [0.717, 1.165) is 12.0 Å². The summed E-state index contributed by atoms with van der Waals surface area (Å²) < 4.78 is 0. The molecule has 0 aromatic rings. The first kappa shape index (κ1) is 16.3. The van der Waals surface area contributed by atoms with Crippen LogP contribution in [0.1, 0.15) is 52.4 Å². The molecule has 2 aliphatic rings. The molecule has 2 fully saturated rings. The second-order valence-electron chi connectivity index (χ2n) is 6.67. The van der Waals surface area contributed by atoms with Crippen LogP contribution in [0.25, 0.3) is 0 Å². The summed E-state index contributed by atoms with van der Waals surface area (Å²) in [6.07, 6.45) is 8.68. The summed E-state index contributed by atoms with van der Waals surface area (Å²) in [5, 5.41) is 3.70. The van der Waals surface area contributed by atoms with Crippen LogP contribution in [0.3, 0.4) is 0 Å². The normalized spacial score (nSPS) is 25.6. The van der Waals surface area contributed by atoms with Crippen LogP contribution >= 0.6 is 0 Å². The molecule has 0 radical (unpaired) electrons. The first-order valence-corrected chi connectivity index (χ1v) is 9.00. The number of hydrogen-bond donors (Lipinski definition) is 1. The van der Waals surface area contributed by atoms with E-state index in [0.29, 0.717) is 0 Å². The molecular formula is C17H35N3. The van der Waals surface area contributed by atoms with Crippen molar-refractivity contribution in [2.24, 2.45) is 5.92 Å². The predicted molar refractivity (Wildman–Crippen MR) is 87.2 cm³/mol. The Morgan fingerprint density at radius 3 is 2.50 bits per heavy atom. The molecule has 1 saturated heterocycles. The first-order chi connectivity index (χ1) is 9.83. The lowest BCUT2D eigenvalue weighted by Gasteiger charge is -2.26. The molecule has 1 unspecified atom stereocenters. The zero-order valence-electron chi connectivity index (χ0n) is 13.7. The Morgan fingerprint density at radius 1 is 1.05 bits per heavy atom. The highest BCUT2D eigenvalue weighted by molar-refractivity contribution is 4.83. The van der Waals surface area contributed by atoms with Crippen LogP contribution < -0.4 is 5.32 Å². The molecule has 1 aliphatic heterocycles. The zero-order valence-corrected chi connectivity index (χ0v) is 13.7. The smallest absolute Gasteiger partial charge is 0.0235 e. The SMILES string of the molecule is CCN(CC)C1CCN(CCNCC2CCCCC2)C1. The van der Waals surface area contributed by atoms with Gasteiger partial charge < -0.3 is 10.2 Å². The van der Waals surface area contributed by atoms with Crippen LogP contribution in [-0.4, -0.2) is 61.7 Å². The molecule has 1 N–H and O–H groups in total. The third kappa shape index (κ3) is 5.01. The largest absolute Gasteiger partial charge is 0.315 e. The Morgan fingerprint density at radius 2 is 1.80 bits per heavy atom. The van der Waals surface area contributed by atoms with E-state index in [1.54, 1.807) is 0 Å². The standard InChI is InChI=1S/C17H35N3/c1-3-20(4-2)17-10-12-19(15-17)13-11-18-14-16-8-6-5-7-9-16/h16-18H,3-15H2,1-2H3. The summed E-state index contributed by atoms with van der Waals surface area (Å²) in [5.41, 5.74) is 0. The topological polar surface area (TPSA) is 18.5 Å². The van der Waals surface area contributed by atoms with Gasteiger partial charge in [0.15, 0.2) is 0 Å². The maximum absolute atomic E-state index is 3.70. The quantitative estimate of drug-likeness (QED) is 0.690. The van der Waals surface area contributed by atoms with E-state index in [1.165, 1.54) is 84.3 Å². The Bertz CT molecular complexity index is 247. The average Bonchev–Trinajstić information content (AvgIpc) is 2.95. The van der Waals surface area contributed by atoms with Crippen molar-refractivity contribution in [1.82, 2.24) is 15.1 Å². The minimum Gasteiger partial charge on any atom is -0.315 e. The second kappa shape index (κ2) is 9.01. The summed E-state index contributed by atoms with van der Waals surface area (Å²) >= 11 is 0. The van der Waals surface area contributed by atoms with Gasteiger partial charge in [0.1, 0.15) is 0 Å². The third-order valence-corrected chi connectivity index (χ3v) is 5.34. The van der Waals surface area contributed by atoms with Crippen LogP contribution in [0.4, 0.5) is 0 Å². The van der Waals surface area contributed by atoms with Gasteiger partial charge >= 0.3 is 0 Å². The van der Waals surface area contributed by atoms with E-state index in [1.807, 2.05) is 0 Å². The molecule has 0 bridgehead atoms. The van der Waals surface area contributed by atoms with E-state index in [9.17, 15) is 0 Å². The molecule has 3 heteroatoms. The number of likely N-dealkylation sites (tertiary alicyclic amines) is 1. The Hall–Kier alpha value is -0.120. The average molecular weight is 281 g/mol. The van der Waals surface area contributed by atoms with Gasteiger partial charge in [-0.05, 0) is 51.4 Å². The van der Waals surface area contributed by atoms with Gasteiger partial charge in [0, 0.05) is 25.7 Å². The molecule has 118 valence electrons. The fourth-order valence-electron chi connectivity index (χ4n) is 3.99. The summed E-state index contributed by atoms with van der Waals surface area (Å²) in [6.45, 7) is 13.2. The fraction of sp³-hybridized carbons (Fsp3) is 1.00. The number of nitrogens with zero attached hydrogens (tertiary/aromatic N) is 2. The lowest BCUT2D eigenvalue weighted by atomic mass is 9.89. The number of nitrogens with one attached hydrogen (secondary N) is 1. The van der Waals surface area contributed by atoms with Gasteiger partial charge in [-0.15, -0.1) is 0 Å². The number of hydrogen-bond acceptors (Lipinski definition) is 3. The predicted octanol–water partition coefficient (Wildman–Crippen LogP) is 2.57. The molecule has 1 heterocycles. The van der Waals surface area contributed by atoms with Crippen LogP contribution in [0.15, 0.2) is 0 Å². The van der Waals surface area contributed by atoms with Crippen molar-refractivity contribution in [2.75, 3.05) is 45.8 Å². The van der Waals surface area contributed by atoms with Gasteiger partial charge in [-0.1, -0.05) is 33.1 Å². The van der Waals surface area contributed by atoms with E-state index >= 15 is 0 Å². The second-order valence-corrected chi connectivity index (χ2v) is 6.67. The van der Waals surface area contributed by atoms with Crippen LogP contribution in [0.5, 0.6) is 0 Å². The van der Waals surface area contributed by atoms with E-state index < -0.39 is 0 Å². The molecular weight excluding hydrogens is 246 g/mol. The Kier molecular flexibility index (Phi) is 7.32. The van der Waals surface area contributed by atoms with Gasteiger partial charge in [0.05, 0.1) is 0 Å². The molecule has 0 aromatic carbocycles. The van der Waals surface area contributed by atoms with Gasteiger partial charge in [0.2, 0.25) is 0 Å². The van der Waals surface area contributed by atoms with Crippen molar-refractivity contribution < 1.29 is 0 Å². The summed E-state index contributed by atoms with van der Waals surface area (Å²) in [6, 6.07) is 0.809. The lowest BCUT2D eigenvalue weighted by Crippen LogP contribution is -2.39. The number of rotatable bonds is 8. The van der Waals surface area contributed by atoms with Crippen molar-refractivity contribution in [2.45, 2.75) is 58.4 Å². The van der Waals surface area contributed by atoms with Crippen LogP contribution in [-0.2, 0) is 0 Å². The van der Waals surface area contributed by atoms with Crippen molar-refractivity contribution in [3.63, 3.8) is 0 Å².